The van der Waals surface area contributed by atoms with Crippen LogP contribution in [0.4, 0.5) is 0 Å². The monoisotopic (exact) mass is 180 g/mol. The predicted octanol–water partition coefficient (Wildman–Crippen LogP) is 2.15. The quantitative estimate of drug-likeness (QED) is 0.456. The van der Waals surface area contributed by atoms with Crippen molar-refractivity contribution in [3.05, 3.63) is 12.2 Å². The Balaban J connectivity index is 1.98. The molecule has 0 aliphatic heterocycles. The van der Waals surface area contributed by atoms with E-state index in [0.29, 0.717) is 0 Å². The molecular weight excluding hydrogens is 164 g/mol. The molecular formula is C11H16O2. The first-order valence-electron chi connectivity index (χ1n) is 5.04. The lowest BCUT2D eigenvalue weighted by Crippen LogP contribution is -2.12. The molecule has 0 saturated heterocycles. The fraction of sp³-hybridized carbons (Fsp3) is 0.727. The molecule has 2 aliphatic rings. The first kappa shape index (κ1) is 8.79. The van der Waals surface area contributed by atoms with Gasteiger partial charge in [0.15, 0.2) is 0 Å². The Morgan fingerprint density at radius 2 is 1.77 bits per heavy atom. The third-order valence-electron chi connectivity index (χ3n) is 3.42. The molecule has 0 aromatic carbocycles. The van der Waals surface area contributed by atoms with Crippen molar-refractivity contribution in [3.63, 3.8) is 0 Å². The van der Waals surface area contributed by atoms with Gasteiger partial charge in [0.25, 0.3) is 0 Å². The molecule has 2 atom stereocenters. The Labute approximate surface area is 79.0 Å². The number of carbonyl (C=O) groups excluding carboxylic acids is 1. The molecule has 1 saturated carbocycles. The van der Waals surface area contributed by atoms with Crippen LogP contribution in [0.2, 0.25) is 0 Å². The Bertz CT molecular complexity index is 216. The van der Waals surface area contributed by atoms with E-state index in [-0.39, 0.29) is 11.9 Å². The van der Waals surface area contributed by atoms with E-state index in [4.69, 9.17) is 4.74 Å². The van der Waals surface area contributed by atoms with E-state index in [1.807, 2.05) is 0 Å². The molecule has 0 radical (unpaired) electrons. The lowest BCUT2D eigenvalue weighted by molar-refractivity contribution is -0.145. The minimum Gasteiger partial charge on any atom is -0.469 e. The summed E-state index contributed by atoms with van der Waals surface area (Å²) in [6, 6.07) is 0. The number of hydrogen-bond acceptors (Lipinski definition) is 2. The van der Waals surface area contributed by atoms with Gasteiger partial charge in [0, 0.05) is 0 Å². The highest BCUT2D eigenvalue weighted by Gasteiger charge is 2.37. The van der Waals surface area contributed by atoms with Gasteiger partial charge in [0.2, 0.25) is 0 Å². The molecule has 2 unspecified atom stereocenters. The van der Waals surface area contributed by atoms with Gasteiger partial charge in [-0.3, -0.25) is 4.79 Å². The van der Waals surface area contributed by atoms with E-state index in [0.717, 1.165) is 37.5 Å². The van der Waals surface area contributed by atoms with E-state index in [1.165, 1.54) is 7.11 Å². The normalized spacial score (nSPS) is 37.2. The van der Waals surface area contributed by atoms with Crippen molar-refractivity contribution in [2.45, 2.75) is 25.7 Å². The number of esters is 1. The van der Waals surface area contributed by atoms with Crippen LogP contribution in [0.15, 0.2) is 12.2 Å². The van der Waals surface area contributed by atoms with Gasteiger partial charge in [-0.05, 0) is 37.5 Å². The number of methoxy groups -OCH3 is 1. The lowest BCUT2D eigenvalue weighted by atomic mass is 9.86. The molecule has 0 N–H and O–H groups in total. The highest BCUT2D eigenvalue weighted by Crippen LogP contribution is 2.43. The molecule has 0 aromatic rings. The van der Waals surface area contributed by atoms with Crippen LogP contribution in [0.3, 0.4) is 0 Å². The van der Waals surface area contributed by atoms with Crippen LogP contribution in [0.1, 0.15) is 25.7 Å². The standard InChI is InChI=1S/C11H16O2/c1-13-11(12)10-6-8-4-2-3-5-9(8)7-10/h2-3,8-10H,4-7H2,1H3. The van der Waals surface area contributed by atoms with Crippen LogP contribution in [0.5, 0.6) is 0 Å². The second-order valence-electron chi connectivity index (χ2n) is 4.15. The van der Waals surface area contributed by atoms with E-state index < -0.39 is 0 Å². The summed E-state index contributed by atoms with van der Waals surface area (Å²) in [5.41, 5.74) is 0. The SMILES string of the molecule is COC(=O)C1CC2CC=CCC2C1. The van der Waals surface area contributed by atoms with Gasteiger partial charge in [-0.2, -0.15) is 0 Å². The summed E-state index contributed by atoms with van der Waals surface area (Å²) in [5, 5.41) is 0. The lowest BCUT2D eigenvalue weighted by Gasteiger charge is -2.19. The maximum Gasteiger partial charge on any atom is 0.308 e. The third kappa shape index (κ3) is 1.62. The molecule has 0 bridgehead atoms. The second-order valence-corrected chi connectivity index (χ2v) is 4.15. The topological polar surface area (TPSA) is 26.3 Å². The summed E-state index contributed by atoms with van der Waals surface area (Å²) in [7, 11) is 1.49. The van der Waals surface area contributed by atoms with Crippen molar-refractivity contribution >= 4 is 5.97 Å². The fourth-order valence-corrected chi connectivity index (χ4v) is 2.69. The Morgan fingerprint density at radius 3 is 2.23 bits per heavy atom. The van der Waals surface area contributed by atoms with Crippen LogP contribution in [0, 0.1) is 17.8 Å². The summed E-state index contributed by atoms with van der Waals surface area (Å²) >= 11 is 0. The second kappa shape index (κ2) is 3.52. The molecule has 0 amide bonds. The van der Waals surface area contributed by atoms with Gasteiger partial charge in [-0.1, -0.05) is 12.2 Å². The van der Waals surface area contributed by atoms with Crippen LogP contribution >= 0.6 is 0 Å². The van der Waals surface area contributed by atoms with Crippen molar-refractivity contribution < 1.29 is 9.53 Å². The number of carbonyl (C=O) groups is 1. The smallest absolute Gasteiger partial charge is 0.308 e. The van der Waals surface area contributed by atoms with Crippen LogP contribution in [0.25, 0.3) is 0 Å². The number of rotatable bonds is 1. The average Bonchev–Trinajstić information content (AvgIpc) is 2.59. The number of ether oxygens (including phenoxy) is 1. The third-order valence-corrected chi connectivity index (χ3v) is 3.42. The molecule has 2 rings (SSSR count). The van der Waals surface area contributed by atoms with E-state index in [2.05, 4.69) is 12.2 Å². The zero-order valence-electron chi connectivity index (χ0n) is 8.03. The molecule has 2 aliphatic carbocycles. The number of fused-ring (bicyclic) bond motifs is 1. The fourth-order valence-electron chi connectivity index (χ4n) is 2.69. The molecule has 72 valence electrons. The van der Waals surface area contributed by atoms with E-state index in [1.54, 1.807) is 0 Å². The molecule has 2 heteroatoms. The van der Waals surface area contributed by atoms with E-state index >= 15 is 0 Å². The van der Waals surface area contributed by atoms with Gasteiger partial charge in [0.1, 0.15) is 0 Å². The Hall–Kier alpha value is -0.790. The molecule has 1 fully saturated rings. The average molecular weight is 180 g/mol. The van der Waals surface area contributed by atoms with Gasteiger partial charge in [-0.15, -0.1) is 0 Å². The van der Waals surface area contributed by atoms with Crippen molar-refractivity contribution in [3.8, 4) is 0 Å². The highest BCUT2D eigenvalue weighted by molar-refractivity contribution is 5.72. The number of allylic oxidation sites excluding steroid dienone is 2. The summed E-state index contributed by atoms with van der Waals surface area (Å²) in [6.45, 7) is 0. The first-order valence-corrected chi connectivity index (χ1v) is 5.04. The minimum absolute atomic E-state index is 0.00519. The minimum atomic E-state index is -0.00519. The zero-order valence-corrected chi connectivity index (χ0v) is 8.03. The van der Waals surface area contributed by atoms with Gasteiger partial charge < -0.3 is 4.74 Å². The summed E-state index contributed by atoms with van der Waals surface area (Å²) < 4.78 is 4.78. The van der Waals surface area contributed by atoms with Crippen LogP contribution < -0.4 is 0 Å². The van der Waals surface area contributed by atoms with Crippen molar-refractivity contribution in [2.75, 3.05) is 7.11 Å². The predicted molar refractivity (Wildman–Crippen MR) is 50.1 cm³/mol. The zero-order chi connectivity index (χ0) is 9.26. The number of hydrogen-bond donors (Lipinski definition) is 0. The Morgan fingerprint density at radius 1 is 1.23 bits per heavy atom. The first-order chi connectivity index (χ1) is 6.31. The molecule has 0 heterocycles. The van der Waals surface area contributed by atoms with Crippen LogP contribution in [-0.2, 0) is 9.53 Å². The van der Waals surface area contributed by atoms with Crippen molar-refractivity contribution in [1.82, 2.24) is 0 Å². The van der Waals surface area contributed by atoms with E-state index in [9.17, 15) is 4.79 Å². The molecule has 0 spiro atoms. The molecule has 0 aromatic heterocycles. The maximum atomic E-state index is 11.3. The van der Waals surface area contributed by atoms with Crippen LogP contribution in [-0.4, -0.2) is 13.1 Å². The van der Waals surface area contributed by atoms with Crippen molar-refractivity contribution in [2.24, 2.45) is 17.8 Å². The summed E-state index contributed by atoms with van der Waals surface area (Å²) in [6.07, 6.45) is 8.92. The van der Waals surface area contributed by atoms with Crippen molar-refractivity contribution in [1.29, 1.82) is 0 Å². The maximum absolute atomic E-state index is 11.3. The van der Waals surface area contributed by atoms with Gasteiger partial charge in [0.05, 0.1) is 13.0 Å². The van der Waals surface area contributed by atoms with Gasteiger partial charge in [-0.25, -0.2) is 0 Å². The summed E-state index contributed by atoms with van der Waals surface area (Å²) in [5.74, 6) is 1.66. The molecule has 13 heavy (non-hydrogen) atoms. The van der Waals surface area contributed by atoms with Gasteiger partial charge >= 0.3 is 5.97 Å². The molecule has 2 nitrogen and oxygen atoms in total. The largest absolute Gasteiger partial charge is 0.469 e. The summed E-state index contributed by atoms with van der Waals surface area (Å²) in [4.78, 5) is 11.3. The Kier molecular flexibility index (Phi) is 2.38. The highest BCUT2D eigenvalue weighted by atomic mass is 16.5.